The van der Waals surface area contributed by atoms with E-state index in [9.17, 15) is 4.79 Å². The Morgan fingerprint density at radius 1 is 1.03 bits per heavy atom. The fourth-order valence-corrected chi connectivity index (χ4v) is 4.29. The van der Waals surface area contributed by atoms with Crippen LogP contribution >= 0.6 is 23.2 Å². The second kappa shape index (κ2) is 9.35. The first kappa shape index (κ1) is 22.4. The van der Waals surface area contributed by atoms with Crippen molar-refractivity contribution in [3.05, 3.63) is 82.1 Å². The summed E-state index contributed by atoms with van der Waals surface area (Å²) >= 11 is 12.0. The van der Waals surface area contributed by atoms with Crippen molar-refractivity contribution in [2.24, 2.45) is 5.41 Å². The van der Waals surface area contributed by atoms with Crippen LogP contribution in [0, 0.1) is 5.41 Å². The van der Waals surface area contributed by atoms with Gasteiger partial charge in [-0.15, -0.1) is 0 Å². The molecule has 0 saturated carbocycles. The molecule has 3 aromatic rings. The zero-order valence-electron chi connectivity index (χ0n) is 17.8. The van der Waals surface area contributed by atoms with E-state index >= 15 is 0 Å². The molecule has 166 valence electrons. The number of ether oxygens (including phenoxy) is 2. The van der Waals surface area contributed by atoms with Crippen molar-refractivity contribution in [3.63, 3.8) is 0 Å². The van der Waals surface area contributed by atoms with Gasteiger partial charge in [0.1, 0.15) is 0 Å². The van der Waals surface area contributed by atoms with E-state index in [4.69, 9.17) is 32.7 Å². The molecule has 1 aliphatic rings. The minimum atomic E-state index is -0.343. The Balaban J connectivity index is 1.58. The topological polar surface area (TPSA) is 64.5 Å². The van der Waals surface area contributed by atoms with Gasteiger partial charge in [-0.2, -0.15) is 0 Å². The number of carbonyl (C=O) groups excluding carboxylic acids is 1. The Bertz CT molecular complexity index is 1080. The number of hydrogen-bond acceptors (Lipinski definition) is 5. The van der Waals surface area contributed by atoms with E-state index in [1.54, 1.807) is 43.8 Å². The van der Waals surface area contributed by atoms with Crippen molar-refractivity contribution in [3.8, 4) is 11.8 Å². The van der Waals surface area contributed by atoms with E-state index < -0.39 is 0 Å². The standard InChI is InChI=1S/C24H23Cl2N3O3/c1-24(15-32-22-10-8-19(26)12-28-22)14-29(13-20(24)16-3-6-18(25)7-4-16)23(30)17-5-9-21(31-2)27-11-17/h3-12,20H,13-15H2,1-2H3. The largest absolute Gasteiger partial charge is 0.481 e. The SMILES string of the molecule is COc1ccc(C(=O)N2CC(c3ccc(Cl)cc3)C(C)(COc3ccc(Cl)cn3)C2)cn1. The zero-order chi connectivity index (χ0) is 22.7. The predicted molar refractivity (Wildman–Crippen MR) is 124 cm³/mol. The van der Waals surface area contributed by atoms with Crippen LogP contribution in [-0.4, -0.2) is 47.6 Å². The lowest BCUT2D eigenvalue weighted by atomic mass is 9.77. The molecule has 1 aliphatic heterocycles. The molecule has 32 heavy (non-hydrogen) atoms. The Labute approximate surface area is 197 Å². The van der Waals surface area contributed by atoms with E-state index in [1.807, 2.05) is 29.2 Å². The molecule has 0 N–H and O–H groups in total. The fraction of sp³-hybridized carbons (Fsp3) is 0.292. The van der Waals surface area contributed by atoms with E-state index in [0.717, 1.165) is 5.56 Å². The summed E-state index contributed by atoms with van der Waals surface area (Å²) in [5.74, 6) is 0.944. The van der Waals surface area contributed by atoms with Crippen LogP contribution in [0.25, 0.3) is 0 Å². The van der Waals surface area contributed by atoms with Crippen LogP contribution in [0.4, 0.5) is 0 Å². The Kier molecular flexibility index (Phi) is 6.53. The second-order valence-electron chi connectivity index (χ2n) is 8.14. The molecule has 3 heterocycles. The third kappa shape index (κ3) is 4.81. The third-order valence-electron chi connectivity index (χ3n) is 5.80. The van der Waals surface area contributed by atoms with Crippen LogP contribution in [0.1, 0.15) is 28.8 Å². The summed E-state index contributed by atoms with van der Waals surface area (Å²) in [5.41, 5.74) is 1.28. The van der Waals surface area contributed by atoms with Crippen molar-refractivity contribution < 1.29 is 14.3 Å². The van der Waals surface area contributed by atoms with E-state index in [1.165, 1.54) is 0 Å². The average molecular weight is 472 g/mol. The van der Waals surface area contributed by atoms with E-state index in [0.29, 0.717) is 47.1 Å². The number of hydrogen-bond donors (Lipinski definition) is 0. The van der Waals surface area contributed by atoms with E-state index in [2.05, 4.69) is 16.9 Å². The van der Waals surface area contributed by atoms with Crippen LogP contribution in [0.3, 0.4) is 0 Å². The molecule has 0 aliphatic carbocycles. The number of halogens is 2. The zero-order valence-corrected chi connectivity index (χ0v) is 19.3. The van der Waals surface area contributed by atoms with Crippen molar-refractivity contribution in [1.29, 1.82) is 0 Å². The number of likely N-dealkylation sites (tertiary alicyclic amines) is 1. The van der Waals surface area contributed by atoms with Gasteiger partial charge in [0.25, 0.3) is 5.91 Å². The number of rotatable bonds is 6. The van der Waals surface area contributed by atoms with Crippen molar-refractivity contribution in [2.45, 2.75) is 12.8 Å². The number of amides is 1. The molecule has 8 heteroatoms. The second-order valence-corrected chi connectivity index (χ2v) is 9.01. The molecule has 1 amide bonds. The Hall–Kier alpha value is -2.83. The monoisotopic (exact) mass is 471 g/mol. The molecule has 6 nitrogen and oxygen atoms in total. The van der Waals surface area contributed by atoms with Crippen molar-refractivity contribution in [2.75, 3.05) is 26.8 Å². The summed E-state index contributed by atoms with van der Waals surface area (Å²) < 4.78 is 11.1. The molecule has 2 aromatic heterocycles. The van der Waals surface area contributed by atoms with Crippen LogP contribution < -0.4 is 9.47 Å². The van der Waals surface area contributed by atoms with Gasteiger partial charge in [0.15, 0.2) is 0 Å². The first-order valence-electron chi connectivity index (χ1n) is 10.2. The highest BCUT2D eigenvalue weighted by atomic mass is 35.5. The van der Waals surface area contributed by atoms with Gasteiger partial charge in [0.05, 0.1) is 24.3 Å². The normalized spacial score (nSPS) is 20.2. The van der Waals surface area contributed by atoms with Crippen molar-refractivity contribution in [1.82, 2.24) is 14.9 Å². The summed E-state index contributed by atoms with van der Waals surface area (Å²) in [6.45, 7) is 3.60. The highest BCUT2D eigenvalue weighted by Crippen LogP contribution is 2.43. The summed E-state index contributed by atoms with van der Waals surface area (Å²) in [7, 11) is 1.54. The number of benzene rings is 1. The number of carbonyl (C=O) groups is 1. The lowest BCUT2D eigenvalue weighted by Gasteiger charge is -2.30. The van der Waals surface area contributed by atoms with Gasteiger partial charge in [-0.05, 0) is 29.8 Å². The first-order valence-corrected chi connectivity index (χ1v) is 10.9. The van der Waals surface area contributed by atoms with Gasteiger partial charge in [-0.25, -0.2) is 9.97 Å². The Morgan fingerprint density at radius 2 is 1.72 bits per heavy atom. The molecule has 0 spiro atoms. The molecule has 0 radical (unpaired) electrons. The van der Waals surface area contributed by atoms with Gasteiger partial charge < -0.3 is 14.4 Å². The van der Waals surface area contributed by atoms with Gasteiger partial charge in [0.2, 0.25) is 11.8 Å². The lowest BCUT2D eigenvalue weighted by Crippen LogP contribution is -2.35. The van der Waals surface area contributed by atoms with Crippen LogP contribution in [-0.2, 0) is 0 Å². The van der Waals surface area contributed by atoms with Gasteiger partial charge >= 0.3 is 0 Å². The quantitative estimate of drug-likeness (QED) is 0.499. The van der Waals surface area contributed by atoms with Crippen molar-refractivity contribution >= 4 is 29.1 Å². The maximum Gasteiger partial charge on any atom is 0.255 e. The lowest BCUT2D eigenvalue weighted by molar-refractivity contribution is 0.0757. The fourth-order valence-electron chi connectivity index (χ4n) is 4.05. The maximum absolute atomic E-state index is 13.2. The van der Waals surface area contributed by atoms with Crippen LogP contribution in [0.15, 0.2) is 60.9 Å². The first-order chi connectivity index (χ1) is 15.4. The molecule has 0 bridgehead atoms. The molecular weight excluding hydrogens is 449 g/mol. The summed E-state index contributed by atoms with van der Waals surface area (Å²) in [5, 5.41) is 1.22. The van der Waals surface area contributed by atoms with Gasteiger partial charge in [0, 0.05) is 54.0 Å². The minimum Gasteiger partial charge on any atom is -0.481 e. The summed E-state index contributed by atoms with van der Waals surface area (Å²) in [6.07, 6.45) is 3.10. The average Bonchev–Trinajstić information content (AvgIpc) is 3.16. The number of methoxy groups -OCH3 is 1. The maximum atomic E-state index is 13.2. The molecule has 2 atom stereocenters. The number of aromatic nitrogens is 2. The molecular formula is C24H23Cl2N3O3. The molecule has 4 rings (SSSR count). The smallest absolute Gasteiger partial charge is 0.255 e. The van der Waals surface area contributed by atoms with Gasteiger partial charge in [-0.3, -0.25) is 4.79 Å². The van der Waals surface area contributed by atoms with Gasteiger partial charge in [-0.1, -0.05) is 42.3 Å². The summed E-state index contributed by atoms with van der Waals surface area (Å²) in [4.78, 5) is 23.5. The highest BCUT2D eigenvalue weighted by molar-refractivity contribution is 6.30. The minimum absolute atomic E-state index is 0.0576. The summed E-state index contributed by atoms with van der Waals surface area (Å²) in [6, 6.07) is 14.7. The predicted octanol–water partition coefficient (Wildman–Crippen LogP) is 5.12. The number of pyridine rings is 2. The highest BCUT2D eigenvalue weighted by Gasteiger charge is 2.46. The van der Waals surface area contributed by atoms with Crippen LogP contribution in [0.2, 0.25) is 10.0 Å². The Morgan fingerprint density at radius 3 is 2.34 bits per heavy atom. The number of nitrogens with zero attached hydrogens (tertiary/aromatic N) is 3. The molecule has 1 aromatic carbocycles. The van der Waals surface area contributed by atoms with E-state index in [-0.39, 0.29) is 17.2 Å². The molecule has 1 fully saturated rings. The van der Waals surface area contributed by atoms with Crippen LogP contribution in [0.5, 0.6) is 11.8 Å². The third-order valence-corrected chi connectivity index (χ3v) is 6.27. The molecule has 1 saturated heterocycles. The molecule has 2 unspecified atom stereocenters.